The monoisotopic (exact) mass is 540 g/mol. The first-order valence-electron chi connectivity index (χ1n) is 11.0. The molecule has 0 saturated carbocycles. The highest BCUT2D eigenvalue weighted by atomic mass is 79.9. The highest BCUT2D eigenvalue weighted by molar-refractivity contribution is 9.10. The molecule has 0 spiro atoms. The van der Waals surface area contributed by atoms with E-state index in [9.17, 15) is 14.4 Å². The Hall–Kier alpha value is -3.70. The molecule has 1 aromatic heterocycles. The van der Waals surface area contributed by atoms with Gasteiger partial charge in [0.15, 0.2) is 0 Å². The van der Waals surface area contributed by atoms with Gasteiger partial charge < -0.3 is 30.2 Å². The van der Waals surface area contributed by atoms with Gasteiger partial charge >= 0.3 is 6.03 Å². The summed E-state index contributed by atoms with van der Waals surface area (Å²) in [6.07, 6.45) is 3.54. The summed E-state index contributed by atoms with van der Waals surface area (Å²) in [7, 11) is 1.82. The Bertz CT molecular complexity index is 1200. The Kier molecular flexibility index (Phi) is 7.78. The lowest BCUT2D eigenvalue weighted by Crippen LogP contribution is -2.47. The molecular formula is C24H25BrN6O4. The maximum atomic E-state index is 13.2. The molecule has 2 aromatic carbocycles. The minimum atomic E-state index is -0.860. The third-order valence-corrected chi connectivity index (χ3v) is 6.01. The molecular weight excluding hydrogens is 516 g/mol. The molecule has 1 atom stereocenters. The normalized spacial score (nSPS) is 14.3. The van der Waals surface area contributed by atoms with Gasteiger partial charge in [0.25, 0.3) is 5.91 Å². The summed E-state index contributed by atoms with van der Waals surface area (Å²) in [5.74, 6) is -0.488. The Morgan fingerprint density at radius 2 is 1.77 bits per heavy atom. The van der Waals surface area contributed by atoms with E-state index < -0.39 is 12.1 Å². The predicted molar refractivity (Wildman–Crippen MR) is 135 cm³/mol. The van der Waals surface area contributed by atoms with Crippen LogP contribution in [0.1, 0.15) is 5.69 Å². The molecule has 1 unspecified atom stereocenters. The van der Waals surface area contributed by atoms with E-state index in [1.165, 1.54) is 0 Å². The average Bonchev–Trinajstić information content (AvgIpc) is 3.25. The number of nitrogens with zero attached hydrogens (tertiary/aromatic N) is 3. The first-order valence-corrected chi connectivity index (χ1v) is 11.8. The standard InChI is InChI=1S/C24H25BrN6O4/c1-30-15-26-13-20(30)12-21(29-24(34)28-18-4-2-16(25)3-5-18)23(33)27-17-6-8-19(9-7-17)31-10-11-35-14-22(31)32/h2-9,13,15,21H,10-12,14H2,1H3,(H,27,33)(H2,28,29,34). The molecule has 0 radical (unpaired) electrons. The highest BCUT2D eigenvalue weighted by Gasteiger charge is 2.24. The molecule has 11 heteroatoms. The van der Waals surface area contributed by atoms with Crippen LogP contribution in [0.25, 0.3) is 0 Å². The number of imidazole rings is 1. The fraction of sp³-hybridized carbons (Fsp3) is 0.250. The largest absolute Gasteiger partial charge is 0.370 e. The van der Waals surface area contributed by atoms with E-state index in [0.29, 0.717) is 24.5 Å². The number of ether oxygens (including phenoxy) is 1. The van der Waals surface area contributed by atoms with E-state index in [2.05, 4.69) is 36.9 Å². The van der Waals surface area contributed by atoms with Crippen LogP contribution in [0.15, 0.2) is 65.5 Å². The number of morpholine rings is 1. The summed E-state index contributed by atoms with van der Waals surface area (Å²) in [5, 5.41) is 8.34. The first kappa shape index (κ1) is 24.4. The molecule has 3 aromatic rings. The molecule has 35 heavy (non-hydrogen) atoms. The van der Waals surface area contributed by atoms with Crippen LogP contribution in [-0.2, 0) is 27.8 Å². The summed E-state index contributed by atoms with van der Waals surface area (Å²) in [5.41, 5.74) is 2.66. The van der Waals surface area contributed by atoms with E-state index in [1.807, 2.05) is 19.2 Å². The van der Waals surface area contributed by atoms with E-state index in [4.69, 9.17) is 4.74 Å². The van der Waals surface area contributed by atoms with Crippen molar-refractivity contribution in [3.8, 4) is 0 Å². The van der Waals surface area contributed by atoms with Gasteiger partial charge in [-0.2, -0.15) is 0 Å². The summed E-state index contributed by atoms with van der Waals surface area (Å²) in [4.78, 5) is 43.6. The second-order valence-corrected chi connectivity index (χ2v) is 8.91. The minimum absolute atomic E-state index is 0.0577. The van der Waals surface area contributed by atoms with Crippen LogP contribution >= 0.6 is 15.9 Å². The number of rotatable bonds is 7. The lowest BCUT2D eigenvalue weighted by molar-refractivity contribution is -0.125. The number of halogens is 1. The van der Waals surface area contributed by atoms with E-state index >= 15 is 0 Å². The van der Waals surface area contributed by atoms with Crippen LogP contribution in [0.3, 0.4) is 0 Å². The molecule has 1 aliphatic rings. The van der Waals surface area contributed by atoms with E-state index in [1.54, 1.807) is 58.4 Å². The van der Waals surface area contributed by atoms with Crippen molar-refractivity contribution in [2.45, 2.75) is 12.5 Å². The van der Waals surface area contributed by atoms with Crippen molar-refractivity contribution in [1.82, 2.24) is 14.9 Å². The number of benzene rings is 2. The number of nitrogens with one attached hydrogen (secondary N) is 3. The number of amides is 4. The zero-order valence-electron chi connectivity index (χ0n) is 19.0. The quantitative estimate of drug-likeness (QED) is 0.425. The first-order chi connectivity index (χ1) is 16.9. The number of carbonyl (C=O) groups is 3. The van der Waals surface area contributed by atoms with E-state index in [0.717, 1.165) is 15.9 Å². The maximum Gasteiger partial charge on any atom is 0.319 e. The Labute approximate surface area is 210 Å². The number of carbonyl (C=O) groups excluding carboxylic acids is 3. The summed E-state index contributed by atoms with van der Waals surface area (Å²) in [6.45, 7) is 1.02. The summed E-state index contributed by atoms with van der Waals surface area (Å²) in [6, 6.07) is 12.7. The molecule has 1 fully saturated rings. The van der Waals surface area contributed by atoms with Crippen molar-refractivity contribution < 1.29 is 19.1 Å². The topological polar surface area (TPSA) is 118 Å². The van der Waals surface area contributed by atoms with Crippen molar-refractivity contribution in [2.24, 2.45) is 7.05 Å². The number of aromatic nitrogens is 2. The zero-order chi connectivity index (χ0) is 24.8. The SMILES string of the molecule is Cn1cncc1CC(NC(=O)Nc1ccc(Br)cc1)C(=O)Nc1ccc(N2CCOCC2=O)cc1. The zero-order valence-corrected chi connectivity index (χ0v) is 20.6. The van der Waals surface area contributed by atoms with Gasteiger partial charge in [-0.05, 0) is 48.5 Å². The number of urea groups is 1. The smallest absolute Gasteiger partial charge is 0.319 e. The van der Waals surface area contributed by atoms with Crippen molar-refractivity contribution in [3.05, 3.63) is 71.2 Å². The molecule has 0 aliphatic carbocycles. The van der Waals surface area contributed by atoms with Gasteiger partial charge in [0.2, 0.25) is 5.91 Å². The van der Waals surface area contributed by atoms with Gasteiger partial charge in [0.1, 0.15) is 12.6 Å². The third kappa shape index (κ3) is 6.46. The molecule has 182 valence electrons. The predicted octanol–water partition coefficient (Wildman–Crippen LogP) is 2.92. The highest BCUT2D eigenvalue weighted by Crippen LogP contribution is 2.20. The third-order valence-electron chi connectivity index (χ3n) is 5.49. The molecule has 2 heterocycles. The summed E-state index contributed by atoms with van der Waals surface area (Å²) < 4.78 is 7.85. The maximum absolute atomic E-state index is 13.2. The van der Waals surface area contributed by atoms with Crippen LogP contribution in [0, 0.1) is 0 Å². The van der Waals surface area contributed by atoms with Crippen LogP contribution in [0.4, 0.5) is 21.9 Å². The number of aryl methyl sites for hydroxylation is 1. The Morgan fingerprint density at radius 1 is 1.09 bits per heavy atom. The van der Waals surface area contributed by atoms with Gasteiger partial charge in [0, 0.05) is 53.4 Å². The second-order valence-electron chi connectivity index (χ2n) is 7.99. The fourth-order valence-corrected chi connectivity index (χ4v) is 3.87. The molecule has 4 rings (SSSR count). The average molecular weight is 541 g/mol. The molecule has 1 aliphatic heterocycles. The molecule has 10 nitrogen and oxygen atoms in total. The molecule has 4 amide bonds. The lowest BCUT2D eigenvalue weighted by Gasteiger charge is -2.27. The van der Waals surface area contributed by atoms with Crippen molar-refractivity contribution in [2.75, 3.05) is 35.3 Å². The van der Waals surface area contributed by atoms with Gasteiger partial charge in [-0.25, -0.2) is 9.78 Å². The van der Waals surface area contributed by atoms with Crippen LogP contribution in [0.5, 0.6) is 0 Å². The Morgan fingerprint density at radius 3 is 2.43 bits per heavy atom. The summed E-state index contributed by atoms with van der Waals surface area (Å²) >= 11 is 3.36. The number of anilines is 3. The van der Waals surface area contributed by atoms with Gasteiger partial charge in [0.05, 0.1) is 12.9 Å². The van der Waals surface area contributed by atoms with Crippen LogP contribution < -0.4 is 20.9 Å². The van der Waals surface area contributed by atoms with Crippen molar-refractivity contribution in [1.29, 1.82) is 0 Å². The number of hydrogen-bond acceptors (Lipinski definition) is 5. The minimum Gasteiger partial charge on any atom is -0.370 e. The second kappa shape index (κ2) is 11.2. The molecule has 3 N–H and O–H groups in total. The fourth-order valence-electron chi connectivity index (χ4n) is 3.60. The Balaban J connectivity index is 1.44. The van der Waals surface area contributed by atoms with E-state index in [-0.39, 0.29) is 24.8 Å². The van der Waals surface area contributed by atoms with Gasteiger partial charge in [-0.3, -0.25) is 9.59 Å². The van der Waals surface area contributed by atoms with Crippen molar-refractivity contribution >= 4 is 50.8 Å². The molecule has 0 bridgehead atoms. The van der Waals surface area contributed by atoms with Gasteiger partial charge in [-0.1, -0.05) is 15.9 Å². The van der Waals surface area contributed by atoms with Crippen LogP contribution in [-0.4, -0.2) is 53.2 Å². The van der Waals surface area contributed by atoms with Gasteiger partial charge in [-0.15, -0.1) is 0 Å². The lowest BCUT2D eigenvalue weighted by atomic mass is 10.1. The molecule has 1 saturated heterocycles. The van der Waals surface area contributed by atoms with Crippen LogP contribution in [0.2, 0.25) is 0 Å². The number of hydrogen-bond donors (Lipinski definition) is 3. The van der Waals surface area contributed by atoms with Crippen molar-refractivity contribution in [3.63, 3.8) is 0 Å².